The van der Waals surface area contributed by atoms with E-state index in [1.54, 1.807) is 18.2 Å². The minimum atomic E-state index is -1.18. The highest BCUT2D eigenvalue weighted by molar-refractivity contribution is 5.99. The first-order valence-electron chi connectivity index (χ1n) is 6.54. The molecule has 0 saturated heterocycles. The molecule has 1 amide bonds. The van der Waals surface area contributed by atoms with Crippen molar-refractivity contribution in [2.45, 2.75) is 26.1 Å². The Kier molecular flexibility index (Phi) is 6.60. The molecule has 22 heavy (non-hydrogen) atoms. The highest BCUT2D eigenvalue weighted by Crippen LogP contribution is 2.04. The van der Waals surface area contributed by atoms with Gasteiger partial charge in [0.15, 0.2) is 0 Å². The van der Waals surface area contributed by atoms with Gasteiger partial charge in [-0.3, -0.25) is 9.59 Å². The summed E-state index contributed by atoms with van der Waals surface area (Å²) in [6.45, 7) is 1.66. The van der Waals surface area contributed by atoms with Crippen LogP contribution in [0.4, 0.5) is 0 Å². The van der Waals surface area contributed by atoms with Gasteiger partial charge >= 0.3 is 5.97 Å². The van der Waals surface area contributed by atoms with Crippen molar-refractivity contribution >= 4 is 11.9 Å². The van der Waals surface area contributed by atoms with E-state index >= 15 is 0 Å². The second kappa shape index (κ2) is 8.44. The maximum Gasteiger partial charge on any atom is 0.325 e. The number of hydrogen-bond acceptors (Lipinski definition) is 5. The second-order valence-electron chi connectivity index (χ2n) is 4.56. The van der Waals surface area contributed by atoms with Gasteiger partial charge < -0.3 is 20.8 Å². The van der Waals surface area contributed by atoms with Gasteiger partial charge in [0.2, 0.25) is 0 Å². The topological polar surface area (TPSA) is 122 Å². The Morgan fingerprint density at radius 3 is 2.41 bits per heavy atom. The maximum absolute atomic E-state index is 11.7. The molecule has 1 aromatic rings. The molecule has 0 bridgehead atoms. The first-order chi connectivity index (χ1) is 10.5. The quantitative estimate of drug-likeness (QED) is 0.423. The van der Waals surface area contributed by atoms with E-state index in [4.69, 9.17) is 15.5 Å². The molecule has 116 valence electrons. The van der Waals surface area contributed by atoms with Crippen LogP contribution in [0.2, 0.25) is 0 Å². The third-order valence-corrected chi connectivity index (χ3v) is 2.84. The van der Waals surface area contributed by atoms with Crippen molar-refractivity contribution in [3.63, 3.8) is 0 Å². The van der Waals surface area contributed by atoms with E-state index in [0.717, 1.165) is 11.1 Å². The number of carbonyl (C=O) groups excluding carboxylic acids is 1. The number of benzene rings is 1. The number of carbonyl (C=O) groups is 2. The standard InChI is InChI=1S/C15H17N3O4/c1-10(15(21)22)18-14(20)13(6-16)8-17-7-11-2-4-12(9-19)5-3-11/h2-5,8,10,17,19H,7,9H2,1H3,(H,18,20)(H,21,22)/b13-8-. The molecular weight excluding hydrogens is 286 g/mol. The maximum atomic E-state index is 11.7. The molecule has 0 aliphatic rings. The van der Waals surface area contributed by atoms with E-state index in [9.17, 15) is 9.59 Å². The number of carboxylic acid groups (broad SMARTS) is 1. The number of aliphatic carboxylic acids is 1. The van der Waals surface area contributed by atoms with Crippen LogP contribution in [0, 0.1) is 11.3 Å². The molecule has 4 N–H and O–H groups in total. The average molecular weight is 303 g/mol. The van der Waals surface area contributed by atoms with Gasteiger partial charge in [-0.1, -0.05) is 24.3 Å². The van der Waals surface area contributed by atoms with Crippen molar-refractivity contribution in [1.29, 1.82) is 5.26 Å². The second-order valence-corrected chi connectivity index (χ2v) is 4.56. The zero-order chi connectivity index (χ0) is 16.5. The first-order valence-corrected chi connectivity index (χ1v) is 6.54. The zero-order valence-corrected chi connectivity index (χ0v) is 12.0. The van der Waals surface area contributed by atoms with Crippen LogP contribution in [0.3, 0.4) is 0 Å². The fourth-order valence-corrected chi connectivity index (χ4v) is 1.52. The monoisotopic (exact) mass is 303 g/mol. The number of hydrogen-bond donors (Lipinski definition) is 4. The molecular formula is C15H17N3O4. The number of nitriles is 1. The van der Waals surface area contributed by atoms with Gasteiger partial charge in [0, 0.05) is 12.7 Å². The average Bonchev–Trinajstić information content (AvgIpc) is 2.51. The Morgan fingerprint density at radius 2 is 1.91 bits per heavy atom. The fraction of sp³-hybridized carbons (Fsp3) is 0.267. The van der Waals surface area contributed by atoms with E-state index < -0.39 is 17.9 Å². The molecule has 7 nitrogen and oxygen atoms in total. The van der Waals surface area contributed by atoms with Crippen LogP contribution >= 0.6 is 0 Å². The van der Waals surface area contributed by atoms with E-state index in [1.165, 1.54) is 13.1 Å². The van der Waals surface area contributed by atoms with Crippen molar-refractivity contribution < 1.29 is 19.8 Å². The van der Waals surface area contributed by atoms with Crippen molar-refractivity contribution in [1.82, 2.24) is 10.6 Å². The Bertz CT molecular complexity index is 602. The first kappa shape index (κ1) is 17.2. The van der Waals surface area contributed by atoms with Crippen LogP contribution in [0.5, 0.6) is 0 Å². The van der Waals surface area contributed by atoms with Crippen molar-refractivity contribution in [2.75, 3.05) is 0 Å². The molecule has 0 aromatic heterocycles. The zero-order valence-electron chi connectivity index (χ0n) is 12.0. The summed E-state index contributed by atoms with van der Waals surface area (Å²) in [6.07, 6.45) is 1.24. The molecule has 0 heterocycles. The lowest BCUT2D eigenvalue weighted by Crippen LogP contribution is -2.39. The summed E-state index contributed by atoms with van der Waals surface area (Å²) >= 11 is 0. The normalized spacial score (nSPS) is 12.1. The lowest BCUT2D eigenvalue weighted by atomic mass is 10.1. The van der Waals surface area contributed by atoms with Crippen molar-refractivity contribution in [3.8, 4) is 6.07 Å². The number of amides is 1. The molecule has 1 unspecified atom stereocenters. The Hall–Kier alpha value is -2.85. The minimum Gasteiger partial charge on any atom is -0.480 e. The van der Waals surface area contributed by atoms with Gasteiger partial charge in [0.05, 0.1) is 6.61 Å². The summed E-state index contributed by atoms with van der Waals surface area (Å²) < 4.78 is 0. The van der Waals surface area contributed by atoms with Crippen LogP contribution < -0.4 is 10.6 Å². The van der Waals surface area contributed by atoms with E-state index in [0.29, 0.717) is 6.54 Å². The lowest BCUT2D eigenvalue weighted by Gasteiger charge is -2.08. The van der Waals surface area contributed by atoms with Gasteiger partial charge in [-0.15, -0.1) is 0 Å². The molecule has 0 radical (unpaired) electrons. The molecule has 0 aliphatic carbocycles. The van der Waals surface area contributed by atoms with Gasteiger partial charge in [0.1, 0.15) is 17.7 Å². The van der Waals surface area contributed by atoms with Gasteiger partial charge in [-0.25, -0.2) is 0 Å². The molecule has 0 spiro atoms. The number of aliphatic hydroxyl groups excluding tert-OH is 1. The summed E-state index contributed by atoms with van der Waals surface area (Å²) in [5.74, 6) is -1.93. The Balaban J connectivity index is 2.59. The number of nitrogens with zero attached hydrogens (tertiary/aromatic N) is 1. The highest BCUT2D eigenvalue weighted by Gasteiger charge is 2.16. The van der Waals surface area contributed by atoms with Crippen LogP contribution in [0.15, 0.2) is 36.0 Å². The van der Waals surface area contributed by atoms with E-state index in [2.05, 4.69) is 10.6 Å². The summed E-state index contributed by atoms with van der Waals surface area (Å²) in [6, 6.07) is 7.80. The number of nitrogens with one attached hydrogen (secondary N) is 2. The van der Waals surface area contributed by atoms with Crippen molar-refractivity contribution in [2.24, 2.45) is 0 Å². The molecule has 1 aromatic carbocycles. The SMILES string of the molecule is CC(NC(=O)/C(C#N)=C\NCc1ccc(CO)cc1)C(=O)O. The van der Waals surface area contributed by atoms with Crippen LogP contribution in [0.25, 0.3) is 0 Å². The highest BCUT2D eigenvalue weighted by atomic mass is 16.4. The van der Waals surface area contributed by atoms with Gasteiger partial charge in [0.25, 0.3) is 5.91 Å². The van der Waals surface area contributed by atoms with Crippen LogP contribution in [-0.2, 0) is 22.7 Å². The fourth-order valence-electron chi connectivity index (χ4n) is 1.52. The number of aliphatic hydroxyl groups is 1. The summed E-state index contributed by atoms with van der Waals surface area (Å²) in [7, 11) is 0. The van der Waals surface area contributed by atoms with Crippen LogP contribution in [-0.4, -0.2) is 28.1 Å². The third kappa shape index (κ3) is 5.26. The minimum absolute atomic E-state index is 0.0336. The molecule has 0 fully saturated rings. The predicted octanol–water partition coefficient (Wildman–Crippen LogP) is 0.265. The number of carboxylic acids is 1. The van der Waals surface area contributed by atoms with E-state index in [-0.39, 0.29) is 12.2 Å². The molecule has 0 aliphatic heterocycles. The third-order valence-electron chi connectivity index (χ3n) is 2.84. The Morgan fingerprint density at radius 1 is 1.32 bits per heavy atom. The lowest BCUT2D eigenvalue weighted by molar-refractivity contribution is -0.140. The summed E-state index contributed by atoms with van der Waals surface area (Å²) in [5.41, 5.74) is 1.49. The molecule has 7 heteroatoms. The van der Waals surface area contributed by atoms with Gasteiger partial charge in [-0.05, 0) is 18.1 Å². The summed E-state index contributed by atoms with van der Waals surface area (Å²) in [5, 5.41) is 31.6. The van der Waals surface area contributed by atoms with Gasteiger partial charge in [-0.2, -0.15) is 5.26 Å². The smallest absolute Gasteiger partial charge is 0.325 e. The molecule has 1 atom stereocenters. The predicted molar refractivity (Wildman–Crippen MR) is 78.1 cm³/mol. The van der Waals surface area contributed by atoms with Crippen molar-refractivity contribution in [3.05, 3.63) is 47.2 Å². The van der Waals surface area contributed by atoms with Crippen LogP contribution in [0.1, 0.15) is 18.1 Å². The molecule has 1 rings (SSSR count). The number of rotatable bonds is 7. The molecule has 0 saturated carbocycles. The Labute approximate surface area is 127 Å². The van der Waals surface area contributed by atoms with E-state index in [1.807, 2.05) is 12.1 Å². The largest absolute Gasteiger partial charge is 0.480 e. The summed E-state index contributed by atoms with van der Waals surface area (Å²) in [4.78, 5) is 22.3.